The average Bonchev–Trinajstić information content (AvgIpc) is 3.06. The molecule has 1 aliphatic carbocycles. The molecular weight excluding hydrogens is 198 g/mol. The Kier molecular flexibility index (Phi) is 7.06. The van der Waals surface area contributed by atoms with Crippen molar-refractivity contribution in [2.75, 3.05) is 26.8 Å². The predicted octanol–water partition coefficient (Wildman–Crippen LogP) is 3.36. The number of hydrogen-bond acceptors (Lipinski definition) is 2. The summed E-state index contributed by atoms with van der Waals surface area (Å²) in [7, 11) is 1.80. The van der Waals surface area contributed by atoms with Crippen LogP contribution in [-0.4, -0.2) is 26.8 Å². The largest absolute Gasteiger partial charge is 0.385 e. The van der Waals surface area contributed by atoms with Gasteiger partial charge in [0.1, 0.15) is 0 Å². The zero-order valence-corrected chi connectivity index (χ0v) is 11.2. The summed E-state index contributed by atoms with van der Waals surface area (Å²) in [4.78, 5) is 0. The summed E-state index contributed by atoms with van der Waals surface area (Å²) in [5.41, 5.74) is 0.611. The lowest BCUT2D eigenvalue weighted by Gasteiger charge is -2.15. The molecule has 0 saturated heterocycles. The highest BCUT2D eigenvalue weighted by Crippen LogP contribution is 2.48. The van der Waals surface area contributed by atoms with Gasteiger partial charge in [-0.15, -0.1) is 0 Å². The molecule has 2 heteroatoms. The molecule has 0 unspecified atom stereocenters. The van der Waals surface area contributed by atoms with Gasteiger partial charge in [-0.3, -0.25) is 0 Å². The fraction of sp³-hybridized carbons (Fsp3) is 1.00. The van der Waals surface area contributed by atoms with Crippen molar-refractivity contribution in [1.82, 2.24) is 5.32 Å². The van der Waals surface area contributed by atoms with E-state index in [1.807, 2.05) is 0 Å². The highest BCUT2D eigenvalue weighted by molar-refractivity contribution is 4.94. The highest BCUT2D eigenvalue weighted by atomic mass is 16.5. The first-order valence-corrected chi connectivity index (χ1v) is 7.03. The molecule has 0 heterocycles. The van der Waals surface area contributed by atoms with Crippen molar-refractivity contribution in [1.29, 1.82) is 0 Å². The Morgan fingerprint density at radius 2 is 1.88 bits per heavy atom. The lowest BCUT2D eigenvalue weighted by atomic mass is 10.0. The van der Waals surface area contributed by atoms with Crippen LogP contribution in [0.2, 0.25) is 0 Å². The van der Waals surface area contributed by atoms with Gasteiger partial charge in [0, 0.05) is 20.3 Å². The van der Waals surface area contributed by atoms with Crippen molar-refractivity contribution in [2.45, 2.75) is 58.3 Å². The van der Waals surface area contributed by atoms with E-state index < -0.39 is 0 Å². The number of unbranched alkanes of at least 4 members (excludes halogenated alkanes) is 4. The molecule has 1 N–H and O–H groups in total. The van der Waals surface area contributed by atoms with Crippen molar-refractivity contribution < 1.29 is 4.74 Å². The third kappa shape index (κ3) is 5.86. The molecular formula is C14H29NO. The van der Waals surface area contributed by atoms with Crippen LogP contribution in [0.25, 0.3) is 0 Å². The molecule has 96 valence electrons. The Balaban J connectivity index is 1.87. The maximum Gasteiger partial charge on any atom is 0.0468 e. The first-order valence-electron chi connectivity index (χ1n) is 7.03. The van der Waals surface area contributed by atoms with Crippen LogP contribution in [0, 0.1) is 5.41 Å². The normalized spacial score (nSPS) is 17.6. The van der Waals surface area contributed by atoms with E-state index in [2.05, 4.69) is 12.2 Å². The quantitative estimate of drug-likeness (QED) is 0.546. The van der Waals surface area contributed by atoms with Gasteiger partial charge in [-0.1, -0.05) is 32.6 Å². The van der Waals surface area contributed by atoms with E-state index in [9.17, 15) is 0 Å². The minimum Gasteiger partial charge on any atom is -0.385 e. The predicted molar refractivity (Wildman–Crippen MR) is 69.8 cm³/mol. The van der Waals surface area contributed by atoms with Crippen molar-refractivity contribution in [2.24, 2.45) is 5.41 Å². The summed E-state index contributed by atoms with van der Waals surface area (Å²) in [6.45, 7) is 5.62. The van der Waals surface area contributed by atoms with Crippen molar-refractivity contribution in [3.05, 3.63) is 0 Å². The molecule has 1 aliphatic rings. The molecule has 0 spiro atoms. The molecule has 16 heavy (non-hydrogen) atoms. The Bertz CT molecular complexity index is 166. The molecule has 0 atom stereocenters. The Labute approximate surface area is 101 Å². The number of methoxy groups -OCH3 is 1. The van der Waals surface area contributed by atoms with Gasteiger partial charge in [0.2, 0.25) is 0 Å². The number of nitrogens with one attached hydrogen (secondary N) is 1. The molecule has 0 aliphatic heterocycles. The molecule has 1 rings (SSSR count). The molecule has 2 nitrogen and oxygen atoms in total. The Hall–Kier alpha value is -0.0800. The zero-order chi connectivity index (χ0) is 11.7. The standard InChI is InChI=1S/C14H29NO/c1-3-4-5-6-7-11-15-13-14(8-9-14)10-12-16-2/h15H,3-13H2,1-2H3. The summed E-state index contributed by atoms with van der Waals surface area (Å²) in [5, 5.41) is 3.62. The van der Waals surface area contributed by atoms with Gasteiger partial charge in [0.05, 0.1) is 0 Å². The minimum atomic E-state index is 0.611. The molecule has 0 bridgehead atoms. The summed E-state index contributed by atoms with van der Waals surface area (Å²) >= 11 is 0. The second-order valence-corrected chi connectivity index (χ2v) is 5.33. The van der Waals surface area contributed by atoms with E-state index in [0.717, 1.165) is 6.61 Å². The highest BCUT2D eigenvalue weighted by Gasteiger charge is 2.41. The first-order chi connectivity index (χ1) is 7.83. The lowest BCUT2D eigenvalue weighted by molar-refractivity contribution is 0.171. The first kappa shape index (κ1) is 14.0. The Morgan fingerprint density at radius 3 is 2.50 bits per heavy atom. The molecule has 1 fully saturated rings. The van der Waals surface area contributed by atoms with E-state index in [1.54, 1.807) is 7.11 Å². The zero-order valence-electron chi connectivity index (χ0n) is 11.2. The van der Waals surface area contributed by atoms with Crippen LogP contribution in [-0.2, 0) is 4.74 Å². The van der Waals surface area contributed by atoms with Crippen LogP contribution in [0.4, 0.5) is 0 Å². The molecule has 0 amide bonds. The van der Waals surface area contributed by atoms with Crippen LogP contribution in [0.1, 0.15) is 58.3 Å². The van der Waals surface area contributed by atoms with E-state index in [0.29, 0.717) is 5.41 Å². The molecule has 0 aromatic rings. The third-order valence-electron chi connectivity index (χ3n) is 3.75. The van der Waals surface area contributed by atoms with Gasteiger partial charge in [-0.05, 0) is 37.6 Å². The summed E-state index contributed by atoms with van der Waals surface area (Å²) in [5.74, 6) is 0. The van der Waals surface area contributed by atoms with Crippen molar-refractivity contribution in [3.8, 4) is 0 Å². The smallest absolute Gasteiger partial charge is 0.0468 e. The SMILES string of the molecule is CCCCCCCNCC1(CCOC)CC1. The fourth-order valence-electron chi connectivity index (χ4n) is 2.22. The average molecular weight is 227 g/mol. The van der Waals surface area contributed by atoms with E-state index in [1.165, 1.54) is 64.5 Å². The van der Waals surface area contributed by atoms with Crippen LogP contribution in [0.3, 0.4) is 0 Å². The van der Waals surface area contributed by atoms with Gasteiger partial charge in [-0.2, -0.15) is 0 Å². The van der Waals surface area contributed by atoms with Crippen LogP contribution >= 0.6 is 0 Å². The molecule has 0 aromatic carbocycles. The molecule has 0 aromatic heterocycles. The summed E-state index contributed by atoms with van der Waals surface area (Å²) in [6.07, 6.45) is 10.9. The maximum atomic E-state index is 5.16. The van der Waals surface area contributed by atoms with Gasteiger partial charge in [0.25, 0.3) is 0 Å². The van der Waals surface area contributed by atoms with E-state index in [4.69, 9.17) is 4.74 Å². The number of ether oxygens (including phenoxy) is 1. The Morgan fingerprint density at radius 1 is 1.12 bits per heavy atom. The van der Waals surface area contributed by atoms with Gasteiger partial charge in [0.15, 0.2) is 0 Å². The van der Waals surface area contributed by atoms with Crippen molar-refractivity contribution >= 4 is 0 Å². The van der Waals surface area contributed by atoms with Crippen molar-refractivity contribution in [3.63, 3.8) is 0 Å². The summed E-state index contributed by atoms with van der Waals surface area (Å²) < 4.78 is 5.16. The van der Waals surface area contributed by atoms with Gasteiger partial charge < -0.3 is 10.1 Å². The minimum absolute atomic E-state index is 0.611. The fourth-order valence-corrected chi connectivity index (χ4v) is 2.22. The number of hydrogen-bond donors (Lipinski definition) is 1. The van der Waals surface area contributed by atoms with Crippen LogP contribution in [0.5, 0.6) is 0 Å². The number of rotatable bonds is 11. The van der Waals surface area contributed by atoms with E-state index in [-0.39, 0.29) is 0 Å². The second-order valence-electron chi connectivity index (χ2n) is 5.33. The van der Waals surface area contributed by atoms with E-state index >= 15 is 0 Å². The summed E-state index contributed by atoms with van der Waals surface area (Å²) in [6, 6.07) is 0. The molecule has 0 radical (unpaired) electrons. The van der Waals surface area contributed by atoms with Gasteiger partial charge in [-0.25, -0.2) is 0 Å². The van der Waals surface area contributed by atoms with Crippen LogP contribution in [0.15, 0.2) is 0 Å². The topological polar surface area (TPSA) is 21.3 Å². The lowest BCUT2D eigenvalue weighted by Crippen LogP contribution is -2.25. The second kappa shape index (κ2) is 8.08. The monoisotopic (exact) mass is 227 g/mol. The van der Waals surface area contributed by atoms with Gasteiger partial charge >= 0.3 is 0 Å². The third-order valence-corrected chi connectivity index (χ3v) is 3.75. The molecule has 1 saturated carbocycles. The maximum absolute atomic E-state index is 5.16. The van der Waals surface area contributed by atoms with Crippen LogP contribution < -0.4 is 5.32 Å².